The molecule has 2 N–H and O–H groups in total. The van der Waals surface area contributed by atoms with Crippen molar-refractivity contribution in [1.29, 1.82) is 0 Å². The number of benzene rings is 1. The molecule has 1 aromatic carbocycles. The van der Waals surface area contributed by atoms with Crippen LogP contribution in [0.1, 0.15) is 42.5 Å². The lowest BCUT2D eigenvalue weighted by atomic mass is 9.80. The van der Waals surface area contributed by atoms with Crippen molar-refractivity contribution in [1.82, 2.24) is 5.32 Å². The van der Waals surface area contributed by atoms with Crippen molar-refractivity contribution in [2.24, 2.45) is 0 Å². The number of carbonyl (C=O) groups is 2. The standard InChI is InChI=1S/C15H18FNO3/c16-12-4-2-11(3-5-12)13(18)6-7-14(19)17-10-15(20)8-1-9-15/h2-5,20H,1,6-10H2,(H,17,19). The lowest BCUT2D eigenvalue weighted by Gasteiger charge is -2.36. The fraction of sp³-hybridized carbons (Fsp3) is 0.467. The van der Waals surface area contributed by atoms with Gasteiger partial charge in [0.15, 0.2) is 5.78 Å². The number of hydrogen-bond acceptors (Lipinski definition) is 3. The Balaban J connectivity index is 1.72. The zero-order chi connectivity index (χ0) is 14.6. The van der Waals surface area contributed by atoms with Crippen LogP contribution in [0.3, 0.4) is 0 Å². The highest BCUT2D eigenvalue weighted by Gasteiger charge is 2.34. The zero-order valence-electron chi connectivity index (χ0n) is 11.2. The van der Waals surface area contributed by atoms with Crippen LogP contribution >= 0.6 is 0 Å². The summed E-state index contributed by atoms with van der Waals surface area (Å²) in [6, 6.07) is 5.26. The first-order valence-electron chi connectivity index (χ1n) is 6.76. The van der Waals surface area contributed by atoms with E-state index in [4.69, 9.17) is 0 Å². The third kappa shape index (κ3) is 3.87. The molecule has 2 rings (SSSR count). The van der Waals surface area contributed by atoms with Gasteiger partial charge in [-0.05, 0) is 43.5 Å². The van der Waals surface area contributed by atoms with E-state index in [1.165, 1.54) is 24.3 Å². The number of hydrogen-bond donors (Lipinski definition) is 2. The van der Waals surface area contributed by atoms with Crippen molar-refractivity contribution in [3.05, 3.63) is 35.6 Å². The molecule has 4 nitrogen and oxygen atoms in total. The average molecular weight is 279 g/mol. The molecule has 1 saturated carbocycles. The highest BCUT2D eigenvalue weighted by atomic mass is 19.1. The number of carbonyl (C=O) groups excluding carboxylic acids is 2. The van der Waals surface area contributed by atoms with Crippen LogP contribution in [0.25, 0.3) is 0 Å². The molecule has 0 unspecified atom stereocenters. The number of Topliss-reactive ketones (excluding diaryl/α,β-unsaturated/α-hetero) is 1. The van der Waals surface area contributed by atoms with E-state index < -0.39 is 11.4 Å². The first-order valence-corrected chi connectivity index (χ1v) is 6.76. The predicted octanol–water partition coefficient (Wildman–Crippen LogP) is 1.82. The molecule has 20 heavy (non-hydrogen) atoms. The van der Waals surface area contributed by atoms with Gasteiger partial charge in [0.25, 0.3) is 0 Å². The minimum atomic E-state index is -0.753. The normalized spacial score (nSPS) is 16.3. The Morgan fingerprint density at radius 1 is 1.20 bits per heavy atom. The van der Waals surface area contributed by atoms with Crippen molar-refractivity contribution in [2.75, 3.05) is 6.54 Å². The van der Waals surface area contributed by atoms with Gasteiger partial charge >= 0.3 is 0 Å². The summed E-state index contributed by atoms with van der Waals surface area (Å²) in [7, 11) is 0. The van der Waals surface area contributed by atoms with Crippen LogP contribution in [0.2, 0.25) is 0 Å². The lowest BCUT2D eigenvalue weighted by molar-refractivity contribution is -0.123. The summed E-state index contributed by atoms with van der Waals surface area (Å²) in [5.41, 5.74) is -0.354. The summed E-state index contributed by atoms with van der Waals surface area (Å²) in [6.45, 7) is 0.247. The van der Waals surface area contributed by atoms with Crippen LogP contribution in [0.5, 0.6) is 0 Å². The molecule has 108 valence electrons. The summed E-state index contributed by atoms with van der Waals surface area (Å²) in [5.74, 6) is -0.837. The zero-order valence-corrected chi connectivity index (χ0v) is 11.2. The highest BCUT2D eigenvalue weighted by Crippen LogP contribution is 2.30. The first-order chi connectivity index (χ1) is 9.48. The van der Waals surface area contributed by atoms with Crippen molar-refractivity contribution in [2.45, 2.75) is 37.7 Å². The maximum atomic E-state index is 12.7. The van der Waals surface area contributed by atoms with Crippen molar-refractivity contribution >= 4 is 11.7 Å². The summed E-state index contributed by atoms with van der Waals surface area (Å²) in [5, 5.41) is 12.5. The molecular formula is C15H18FNO3. The number of halogens is 1. The minimum Gasteiger partial charge on any atom is -0.388 e. The van der Waals surface area contributed by atoms with Crippen LogP contribution in [0, 0.1) is 5.82 Å². The third-order valence-electron chi connectivity index (χ3n) is 3.64. The van der Waals surface area contributed by atoms with E-state index in [9.17, 15) is 19.1 Å². The summed E-state index contributed by atoms with van der Waals surface area (Å²) < 4.78 is 12.7. The molecule has 1 aromatic rings. The quantitative estimate of drug-likeness (QED) is 0.781. The molecular weight excluding hydrogens is 261 g/mol. The van der Waals surface area contributed by atoms with Gasteiger partial charge in [0.1, 0.15) is 5.82 Å². The van der Waals surface area contributed by atoms with Gasteiger partial charge in [-0.25, -0.2) is 4.39 Å². The van der Waals surface area contributed by atoms with Crippen molar-refractivity contribution in [3.63, 3.8) is 0 Å². The predicted molar refractivity (Wildman–Crippen MR) is 71.8 cm³/mol. The van der Waals surface area contributed by atoms with Crippen molar-refractivity contribution in [3.8, 4) is 0 Å². The maximum Gasteiger partial charge on any atom is 0.220 e. The maximum absolute atomic E-state index is 12.7. The Hall–Kier alpha value is -1.75. The summed E-state index contributed by atoms with van der Waals surface area (Å²) in [4.78, 5) is 23.4. The minimum absolute atomic E-state index is 0.0757. The molecule has 0 spiro atoms. The van der Waals surface area contributed by atoms with E-state index in [2.05, 4.69) is 5.32 Å². The van der Waals surface area contributed by atoms with Crippen LogP contribution in [-0.4, -0.2) is 28.9 Å². The summed E-state index contributed by atoms with van der Waals surface area (Å²) in [6.07, 6.45) is 2.56. The second kappa shape index (κ2) is 6.13. The third-order valence-corrected chi connectivity index (χ3v) is 3.64. The molecule has 0 bridgehead atoms. The fourth-order valence-electron chi connectivity index (χ4n) is 2.12. The Morgan fingerprint density at radius 3 is 2.40 bits per heavy atom. The van der Waals surface area contributed by atoms with E-state index in [-0.39, 0.29) is 31.1 Å². The molecule has 1 aliphatic rings. The molecule has 0 saturated heterocycles. The Morgan fingerprint density at radius 2 is 1.85 bits per heavy atom. The molecule has 0 radical (unpaired) electrons. The largest absolute Gasteiger partial charge is 0.388 e. The van der Waals surface area contributed by atoms with E-state index in [1.807, 2.05) is 0 Å². The molecule has 0 aliphatic heterocycles. The SMILES string of the molecule is O=C(CCC(=O)c1ccc(F)cc1)NCC1(O)CCC1. The van der Waals surface area contributed by atoms with Crippen LogP contribution < -0.4 is 5.32 Å². The first kappa shape index (κ1) is 14.7. The van der Waals surface area contributed by atoms with Gasteiger partial charge in [0.2, 0.25) is 5.91 Å². The van der Waals surface area contributed by atoms with Crippen LogP contribution in [-0.2, 0) is 4.79 Å². The van der Waals surface area contributed by atoms with E-state index in [0.717, 1.165) is 6.42 Å². The molecule has 0 aromatic heterocycles. The lowest BCUT2D eigenvalue weighted by Crippen LogP contribution is -2.47. The van der Waals surface area contributed by atoms with Crippen LogP contribution in [0.15, 0.2) is 24.3 Å². The molecule has 5 heteroatoms. The molecule has 0 atom stereocenters. The number of ketones is 1. The molecule has 1 fully saturated rings. The number of aliphatic hydroxyl groups is 1. The van der Waals surface area contributed by atoms with Gasteiger partial charge in [-0.15, -0.1) is 0 Å². The van der Waals surface area contributed by atoms with E-state index in [0.29, 0.717) is 18.4 Å². The van der Waals surface area contributed by atoms with Gasteiger partial charge in [0.05, 0.1) is 5.60 Å². The van der Waals surface area contributed by atoms with Gasteiger partial charge in [0, 0.05) is 24.9 Å². The monoisotopic (exact) mass is 279 g/mol. The molecule has 1 aliphatic carbocycles. The number of amides is 1. The Labute approximate surface area is 117 Å². The Bertz CT molecular complexity index is 494. The number of nitrogens with one attached hydrogen (secondary N) is 1. The van der Waals surface area contributed by atoms with Gasteiger partial charge in [-0.2, -0.15) is 0 Å². The topological polar surface area (TPSA) is 66.4 Å². The Kier molecular flexibility index (Phi) is 4.49. The van der Waals surface area contributed by atoms with Gasteiger partial charge in [-0.1, -0.05) is 0 Å². The summed E-state index contributed by atoms with van der Waals surface area (Å²) >= 11 is 0. The highest BCUT2D eigenvalue weighted by molar-refractivity contribution is 5.97. The van der Waals surface area contributed by atoms with Crippen molar-refractivity contribution < 1.29 is 19.1 Å². The van der Waals surface area contributed by atoms with E-state index in [1.54, 1.807) is 0 Å². The smallest absolute Gasteiger partial charge is 0.220 e. The van der Waals surface area contributed by atoms with E-state index >= 15 is 0 Å². The second-order valence-corrected chi connectivity index (χ2v) is 5.28. The van der Waals surface area contributed by atoms with Crippen LogP contribution in [0.4, 0.5) is 4.39 Å². The number of rotatable bonds is 6. The van der Waals surface area contributed by atoms with Gasteiger partial charge < -0.3 is 10.4 Å². The van der Waals surface area contributed by atoms with Gasteiger partial charge in [-0.3, -0.25) is 9.59 Å². The average Bonchev–Trinajstić information content (AvgIpc) is 2.41. The molecule has 0 heterocycles. The second-order valence-electron chi connectivity index (χ2n) is 5.28. The fourth-order valence-corrected chi connectivity index (χ4v) is 2.12. The molecule has 1 amide bonds.